The van der Waals surface area contributed by atoms with Crippen LogP contribution in [0.2, 0.25) is 10.0 Å². The number of anilines is 1. The van der Waals surface area contributed by atoms with E-state index >= 15 is 0 Å². The summed E-state index contributed by atoms with van der Waals surface area (Å²) >= 11 is 12.2. The van der Waals surface area contributed by atoms with Crippen LogP contribution in [0, 0.1) is 17.0 Å². The Balaban J connectivity index is 1.60. The standard InChI is InChI=1S/C21H13Cl2N3O4/c1-11-2-3-12(8-16(11)22)21-25-18-9-13(4-7-19(18)30-21)24-20(27)15-6-5-14(26(28)29)10-17(15)23/h2-10H,1H3,(H,24,27). The maximum atomic E-state index is 12.5. The minimum absolute atomic E-state index is 0.0113. The molecule has 7 nitrogen and oxygen atoms in total. The number of hydrogen-bond acceptors (Lipinski definition) is 5. The van der Waals surface area contributed by atoms with Crippen LogP contribution in [0.15, 0.2) is 59.0 Å². The highest BCUT2D eigenvalue weighted by atomic mass is 35.5. The lowest BCUT2D eigenvalue weighted by atomic mass is 10.1. The number of nitro benzene ring substituents is 1. The van der Waals surface area contributed by atoms with Crippen molar-refractivity contribution in [1.29, 1.82) is 0 Å². The highest BCUT2D eigenvalue weighted by molar-refractivity contribution is 6.34. The molecule has 0 radical (unpaired) electrons. The predicted molar refractivity (Wildman–Crippen MR) is 115 cm³/mol. The number of carbonyl (C=O) groups excluding carboxylic acids is 1. The average molecular weight is 442 g/mol. The number of nitrogens with one attached hydrogen (secondary N) is 1. The van der Waals surface area contributed by atoms with Gasteiger partial charge in [0.25, 0.3) is 11.6 Å². The van der Waals surface area contributed by atoms with Gasteiger partial charge >= 0.3 is 0 Å². The van der Waals surface area contributed by atoms with E-state index in [1.165, 1.54) is 12.1 Å². The van der Waals surface area contributed by atoms with Crippen molar-refractivity contribution in [2.75, 3.05) is 5.32 Å². The molecule has 0 aliphatic rings. The topological polar surface area (TPSA) is 98.3 Å². The molecule has 3 aromatic carbocycles. The van der Waals surface area contributed by atoms with E-state index in [2.05, 4.69) is 10.3 Å². The second-order valence-corrected chi connectivity index (χ2v) is 7.36. The Hall–Kier alpha value is -3.42. The number of carbonyl (C=O) groups is 1. The zero-order valence-electron chi connectivity index (χ0n) is 15.5. The fourth-order valence-corrected chi connectivity index (χ4v) is 3.30. The molecular formula is C21H13Cl2N3O4. The third-order valence-electron chi connectivity index (χ3n) is 4.47. The number of fused-ring (bicyclic) bond motifs is 1. The summed E-state index contributed by atoms with van der Waals surface area (Å²) in [5.74, 6) is -0.0860. The van der Waals surface area contributed by atoms with E-state index in [1.807, 2.05) is 19.1 Å². The van der Waals surface area contributed by atoms with E-state index in [0.29, 0.717) is 27.7 Å². The first-order valence-corrected chi connectivity index (χ1v) is 9.50. The van der Waals surface area contributed by atoms with Crippen LogP contribution in [0.25, 0.3) is 22.6 Å². The van der Waals surface area contributed by atoms with Gasteiger partial charge in [0.1, 0.15) is 5.52 Å². The van der Waals surface area contributed by atoms with Crippen LogP contribution in [-0.4, -0.2) is 15.8 Å². The van der Waals surface area contributed by atoms with Crippen LogP contribution in [0.5, 0.6) is 0 Å². The quantitative estimate of drug-likeness (QED) is 0.297. The van der Waals surface area contributed by atoms with E-state index in [-0.39, 0.29) is 16.3 Å². The monoisotopic (exact) mass is 441 g/mol. The number of halogens is 2. The molecule has 0 saturated carbocycles. The molecule has 150 valence electrons. The van der Waals surface area contributed by atoms with E-state index in [1.54, 1.807) is 24.3 Å². The molecule has 9 heteroatoms. The molecule has 0 bridgehead atoms. The largest absolute Gasteiger partial charge is 0.436 e. The smallest absolute Gasteiger partial charge is 0.270 e. The number of rotatable bonds is 4. The molecule has 4 aromatic rings. The molecule has 0 aliphatic heterocycles. The van der Waals surface area contributed by atoms with Crippen LogP contribution in [0.1, 0.15) is 15.9 Å². The number of nitro groups is 1. The SMILES string of the molecule is Cc1ccc(-c2nc3cc(NC(=O)c4ccc([N+](=O)[O-])cc4Cl)ccc3o2)cc1Cl. The lowest BCUT2D eigenvalue weighted by molar-refractivity contribution is -0.384. The van der Waals surface area contributed by atoms with Gasteiger partial charge in [-0.1, -0.05) is 29.3 Å². The first kappa shape index (κ1) is 19.9. The number of aromatic nitrogens is 1. The maximum Gasteiger partial charge on any atom is 0.270 e. The van der Waals surface area contributed by atoms with Crippen molar-refractivity contribution in [1.82, 2.24) is 4.98 Å². The van der Waals surface area contributed by atoms with Gasteiger partial charge in [0.05, 0.1) is 15.5 Å². The number of amides is 1. The van der Waals surface area contributed by atoms with Gasteiger partial charge in [0.2, 0.25) is 5.89 Å². The van der Waals surface area contributed by atoms with Crippen LogP contribution >= 0.6 is 23.2 Å². The highest BCUT2D eigenvalue weighted by Gasteiger charge is 2.16. The van der Waals surface area contributed by atoms with Crippen molar-refractivity contribution in [2.45, 2.75) is 6.92 Å². The lowest BCUT2D eigenvalue weighted by Crippen LogP contribution is -2.12. The molecule has 30 heavy (non-hydrogen) atoms. The summed E-state index contributed by atoms with van der Waals surface area (Å²) in [4.78, 5) is 27.2. The minimum atomic E-state index is -0.578. The summed E-state index contributed by atoms with van der Waals surface area (Å²) < 4.78 is 5.78. The summed E-state index contributed by atoms with van der Waals surface area (Å²) in [6.07, 6.45) is 0. The number of nitrogens with zero attached hydrogens (tertiary/aromatic N) is 2. The zero-order valence-corrected chi connectivity index (χ0v) is 17.0. The molecule has 1 amide bonds. The van der Waals surface area contributed by atoms with E-state index in [4.69, 9.17) is 27.6 Å². The summed E-state index contributed by atoms with van der Waals surface area (Å²) in [5, 5.41) is 14.1. The summed E-state index contributed by atoms with van der Waals surface area (Å²) in [6.45, 7) is 1.91. The van der Waals surface area contributed by atoms with Crippen molar-refractivity contribution in [2.24, 2.45) is 0 Å². The Morgan fingerprint density at radius 2 is 1.87 bits per heavy atom. The first-order valence-electron chi connectivity index (χ1n) is 8.74. The summed E-state index contributed by atoms with van der Waals surface area (Å²) in [7, 11) is 0. The molecule has 0 atom stereocenters. The molecular weight excluding hydrogens is 429 g/mol. The Bertz CT molecular complexity index is 1320. The van der Waals surface area contributed by atoms with Crippen LogP contribution in [0.4, 0.5) is 11.4 Å². The predicted octanol–water partition coefficient (Wildman–Crippen LogP) is 6.27. The molecule has 1 heterocycles. The molecule has 1 N–H and O–H groups in total. The normalized spacial score (nSPS) is 10.9. The fourth-order valence-electron chi connectivity index (χ4n) is 2.85. The molecule has 4 rings (SSSR count). The van der Waals surface area contributed by atoms with Gasteiger partial charge in [0.15, 0.2) is 5.58 Å². The van der Waals surface area contributed by atoms with Crippen molar-refractivity contribution >= 4 is 51.6 Å². The third-order valence-corrected chi connectivity index (χ3v) is 5.19. The van der Waals surface area contributed by atoms with Gasteiger partial charge in [-0.2, -0.15) is 0 Å². The number of aryl methyl sites for hydroxylation is 1. The van der Waals surface area contributed by atoms with Crippen LogP contribution < -0.4 is 5.32 Å². The molecule has 0 fully saturated rings. The highest BCUT2D eigenvalue weighted by Crippen LogP contribution is 2.29. The number of benzene rings is 3. The van der Waals surface area contributed by atoms with Gasteiger partial charge in [0, 0.05) is 28.4 Å². The van der Waals surface area contributed by atoms with E-state index in [0.717, 1.165) is 17.2 Å². The van der Waals surface area contributed by atoms with E-state index < -0.39 is 10.8 Å². The molecule has 0 aliphatic carbocycles. The Morgan fingerprint density at radius 3 is 2.57 bits per heavy atom. The van der Waals surface area contributed by atoms with Crippen molar-refractivity contribution in [3.8, 4) is 11.5 Å². The zero-order chi connectivity index (χ0) is 21.4. The van der Waals surface area contributed by atoms with Crippen molar-refractivity contribution < 1.29 is 14.1 Å². The van der Waals surface area contributed by atoms with Crippen LogP contribution in [0.3, 0.4) is 0 Å². The average Bonchev–Trinajstić information content (AvgIpc) is 3.13. The number of hydrogen-bond donors (Lipinski definition) is 1. The Labute approximate surface area is 180 Å². The number of oxazole rings is 1. The van der Waals surface area contributed by atoms with Gasteiger partial charge in [-0.15, -0.1) is 0 Å². The lowest BCUT2D eigenvalue weighted by Gasteiger charge is -2.06. The molecule has 0 saturated heterocycles. The van der Waals surface area contributed by atoms with Gasteiger partial charge < -0.3 is 9.73 Å². The maximum absolute atomic E-state index is 12.5. The van der Waals surface area contributed by atoms with Crippen molar-refractivity contribution in [3.05, 3.63) is 85.9 Å². The second-order valence-electron chi connectivity index (χ2n) is 6.54. The van der Waals surface area contributed by atoms with E-state index in [9.17, 15) is 14.9 Å². The second kappa shape index (κ2) is 7.78. The number of non-ortho nitro benzene ring substituents is 1. The van der Waals surface area contributed by atoms with Crippen LogP contribution in [-0.2, 0) is 0 Å². The first-order chi connectivity index (χ1) is 14.3. The van der Waals surface area contributed by atoms with Crippen molar-refractivity contribution in [3.63, 3.8) is 0 Å². The Kier molecular flexibility index (Phi) is 5.15. The summed E-state index contributed by atoms with van der Waals surface area (Å²) in [6, 6.07) is 14.2. The Morgan fingerprint density at radius 1 is 1.07 bits per heavy atom. The molecule has 0 unspecified atom stereocenters. The van der Waals surface area contributed by atoms with Gasteiger partial charge in [-0.25, -0.2) is 4.98 Å². The van der Waals surface area contributed by atoms with Gasteiger partial charge in [-0.05, 0) is 48.9 Å². The van der Waals surface area contributed by atoms with Gasteiger partial charge in [-0.3, -0.25) is 14.9 Å². The molecule has 0 spiro atoms. The fraction of sp³-hybridized carbons (Fsp3) is 0.0476. The summed E-state index contributed by atoms with van der Waals surface area (Å²) in [5.41, 5.74) is 3.20. The molecule has 1 aromatic heterocycles. The minimum Gasteiger partial charge on any atom is -0.436 e. The third kappa shape index (κ3) is 3.85.